The fraction of sp³-hybridized carbons (Fsp3) is 0.643. The van der Waals surface area contributed by atoms with Crippen molar-refractivity contribution >= 4 is 27.1 Å². The molecule has 0 amide bonds. The van der Waals surface area contributed by atoms with Gasteiger partial charge >= 0.3 is 0 Å². The van der Waals surface area contributed by atoms with Crippen LogP contribution in [-0.2, 0) is 16.3 Å². The average Bonchev–Trinajstić information content (AvgIpc) is 3.04. The molecule has 2 unspecified atom stereocenters. The van der Waals surface area contributed by atoms with E-state index in [-0.39, 0.29) is 17.5 Å². The van der Waals surface area contributed by atoms with Crippen LogP contribution >= 0.6 is 11.3 Å². The number of nitrogens with one attached hydrogen (secondary N) is 2. The van der Waals surface area contributed by atoms with Gasteiger partial charge in [-0.3, -0.25) is 4.99 Å². The smallest absolute Gasteiger partial charge is 0.191 e. The molecular formula is C14H23N3O2S2. The summed E-state index contributed by atoms with van der Waals surface area (Å²) in [6.45, 7) is 3.01. The number of sulfone groups is 1. The summed E-state index contributed by atoms with van der Waals surface area (Å²) in [6.07, 6.45) is 1.70. The summed E-state index contributed by atoms with van der Waals surface area (Å²) in [4.78, 5) is 5.55. The van der Waals surface area contributed by atoms with Gasteiger partial charge in [0.1, 0.15) is 0 Å². The minimum absolute atomic E-state index is 0.0196. The Morgan fingerprint density at radius 3 is 2.95 bits per heavy atom. The molecule has 2 atom stereocenters. The lowest BCUT2D eigenvalue weighted by molar-refractivity contribution is 0.554. The van der Waals surface area contributed by atoms with Crippen molar-refractivity contribution in [1.29, 1.82) is 0 Å². The van der Waals surface area contributed by atoms with Crippen LogP contribution in [0.2, 0.25) is 0 Å². The summed E-state index contributed by atoms with van der Waals surface area (Å²) >= 11 is 1.78. The second-order valence-corrected chi connectivity index (χ2v) is 8.85. The van der Waals surface area contributed by atoms with Crippen LogP contribution in [-0.4, -0.2) is 45.5 Å². The van der Waals surface area contributed by atoms with Gasteiger partial charge in [-0.15, -0.1) is 11.3 Å². The summed E-state index contributed by atoms with van der Waals surface area (Å²) in [7, 11) is -1.15. The van der Waals surface area contributed by atoms with Crippen LogP contribution in [0.1, 0.15) is 18.2 Å². The molecule has 1 aromatic rings. The van der Waals surface area contributed by atoms with Crippen molar-refractivity contribution < 1.29 is 8.42 Å². The van der Waals surface area contributed by atoms with E-state index in [4.69, 9.17) is 0 Å². The fourth-order valence-corrected chi connectivity index (χ4v) is 4.96. The summed E-state index contributed by atoms with van der Waals surface area (Å²) in [5, 5.41) is 8.58. The number of hydrogen-bond donors (Lipinski definition) is 2. The van der Waals surface area contributed by atoms with Crippen LogP contribution in [0.25, 0.3) is 0 Å². The maximum Gasteiger partial charge on any atom is 0.191 e. The molecule has 0 radical (unpaired) electrons. The van der Waals surface area contributed by atoms with Crippen LogP contribution in [0.5, 0.6) is 0 Å². The van der Waals surface area contributed by atoms with Gasteiger partial charge in [-0.25, -0.2) is 8.42 Å². The fourth-order valence-electron chi connectivity index (χ4n) is 2.41. The largest absolute Gasteiger partial charge is 0.356 e. The zero-order chi connectivity index (χ0) is 15.3. The predicted molar refractivity (Wildman–Crippen MR) is 88.7 cm³/mol. The Kier molecular flexibility index (Phi) is 5.64. The first kappa shape index (κ1) is 16.3. The minimum Gasteiger partial charge on any atom is -0.356 e. The number of nitrogens with zero attached hydrogens (tertiary/aromatic N) is 1. The third kappa shape index (κ3) is 5.32. The minimum atomic E-state index is -2.86. The monoisotopic (exact) mass is 329 g/mol. The number of aliphatic imine (C=N–C) groups is 1. The van der Waals surface area contributed by atoms with Gasteiger partial charge in [0.05, 0.1) is 11.5 Å². The Hall–Kier alpha value is -1.08. The molecule has 0 spiro atoms. The third-order valence-electron chi connectivity index (χ3n) is 3.54. The molecule has 1 fully saturated rings. The second kappa shape index (κ2) is 7.26. The molecule has 2 N–H and O–H groups in total. The molecular weight excluding hydrogens is 306 g/mol. The van der Waals surface area contributed by atoms with E-state index in [0.717, 1.165) is 13.0 Å². The van der Waals surface area contributed by atoms with Crippen LogP contribution in [0.15, 0.2) is 22.5 Å². The van der Waals surface area contributed by atoms with Gasteiger partial charge in [0, 0.05) is 24.5 Å². The number of rotatable bonds is 5. The van der Waals surface area contributed by atoms with E-state index in [0.29, 0.717) is 18.3 Å². The number of thiophene rings is 1. The summed E-state index contributed by atoms with van der Waals surface area (Å²) in [6, 6.07) is 4.20. The van der Waals surface area contributed by atoms with E-state index in [2.05, 4.69) is 40.1 Å². The Bertz CT molecular complexity index is 567. The molecule has 7 heteroatoms. The topological polar surface area (TPSA) is 70.6 Å². The maximum absolute atomic E-state index is 11.5. The van der Waals surface area contributed by atoms with E-state index < -0.39 is 9.84 Å². The lowest BCUT2D eigenvalue weighted by atomic mass is 10.1. The van der Waals surface area contributed by atoms with E-state index in [1.165, 1.54) is 4.88 Å². The molecule has 21 heavy (non-hydrogen) atoms. The quantitative estimate of drug-likeness (QED) is 0.631. The highest BCUT2D eigenvalue weighted by Crippen LogP contribution is 2.14. The Balaban J connectivity index is 1.75. The normalized spacial score (nSPS) is 23.0. The van der Waals surface area contributed by atoms with Crippen molar-refractivity contribution in [3.63, 3.8) is 0 Å². The molecule has 1 aromatic heterocycles. The summed E-state index contributed by atoms with van der Waals surface area (Å²) in [5.41, 5.74) is 0. The Morgan fingerprint density at radius 1 is 1.57 bits per heavy atom. The van der Waals surface area contributed by atoms with Gasteiger partial charge in [-0.1, -0.05) is 13.0 Å². The third-order valence-corrected chi connectivity index (χ3v) is 6.21. The Morgan fingerprint density at radius 2 is 2.38 bits per heavy atom. The molecule has 0 saturated carbocycles. The average molecular weight is 329 g/mol. The molecule has 1 saturated heterocycles. The highest BCUT2D eigenvalue weighted by molar-refractivity contribution is 7.91. The zero-order valence-electron chi connectivity index (χ0n) is 12.5. The first-order chi connectivity index (χ1) is 9.98. The molecule has 1 aliphatic heterocycles. The van der Waals surface area contributed by atoms with Gasteiger partial charge in [0.25, 0.3) is 0 Å². The standard InChI is InChI=1S/C14H23N3O2S2/c1-11(8-13-4-3-6-20-13)9-16-14(15-2)17-12-5-7-21(18,19)10-12/h3-4,6,11-12H,5,7-10H2,1-2H3,(H2,15,16,17). The van der Waals surface area contributed by atoms with Gasteiger partial charge < -0.3 is 10.6 Å². The van der Waals surface area contributed by atoms with Gasteiger partial charge in [-0.2, -0.15) is 0 Å². The predicted octanol–water partition coefficient (Wildman–Crippen LogP) is 1.28. The van der Waals surface area contributed by atoms with Crippen LogP contribution < -0.4 is 10.6 Å². The molecule has 0 aromatic carbocycles. The summed E-state index contributed by atoms with van der Waals surface area (Å²) in [5.74, 6) is 1.67. The van der Waals surface area contributed by atoms with Crippen molar-refractivity contribution in [3.8, 4) is 0 Å². The lowest BCUT2D eigenvalue weighted by Gasteiger charge is -2.18. The molecule has 118 valence electrons. The zero-order valence-corrected chi connectivity index (χ0v) is 14.1. The number of hydrogen-bond acceptors (Lipinski definition) is 4. The highest BCUT2D eigenvalue weighted by Gasteiger charge is 2.28. The van der Waals surface area contributed by atoms with E-state index in [1.807, 2.05) is 0 Å². The SMILES string of the molecule is CN=C(NCC(C)Cc1cccs1)NC1CCS(=O)(=O)C1. The van der Waals surface area contributed by atoms with Crippen molar-refractivity contribution in [2.24, 2.45) is 10.9 Å². The van der Waals surface area contributed by atoms with Crippen molar-refractivity contribution in [1.82, 2.24) is 10.6 Å². The van der Waals surface area contributed by atoms with E-state index in [9.17, 15) is 8.42 Å². The van der Waals surface area contributed by atoms with Crippen LogP contribution in [0.3, 0.4) is 0 Å². The maximum atomic E-state index is 11.5. The van der Waals surface area contributed by atoms with Crippen molar-refractivity contribution in [2.75, 3.05) is 25.1 Å². The van der Waals surface area contributed by atoms with Crippen molar-refractivity contribution in [2.45, 2.75) is 25.8 Å². The van der Waals surface area contributed by atoms with E-state index in [1.54, 1.807) is 18.4 Å². The highest BCUT2D eigenvalue weighted by atomic mass is 32.2. The van der Waals surface area contributed by atoms with Gasteiger partial charge in [0.15, 0.2) is 15.8 Å². The Labute approximate surface area is 130 Å². The van der Waals surface area contributed by atoms with Crippen LogP contribution in [0.4, 0.5) is 0 Å². The first-order valence-corrected chi connectivity index (χ1v) is 9.88. The number of guanidine groups is 1. The van der Waals surface area contributed by atoms with Gasteiger partial charge in [-0.05, 0) is 30.2 Å². The molecule has 1 aliphatic rings. The molecule has 0 bridgehead atoms. The molecule has 2 rings (SSSR count). The van der Waals surface area contributed by atoms with E-state index >= 15 is 0 Å². The van der Waals surface area contributed by atoms with Crippen molar-refractivity contribution in [3.05, 3.63) is 22.4 Å². The first-order valence-electron chi connectivity index (χ1n) is 7.18. The molecule has 0 aliphatic carbocycles. The second-order valence-electron chi connectivity index (χ2n) is 5.59. The molecule has 2 heterocycles. The molecule has 5 nitrogen and oxygen atoms in total. The van der Waals surface area contributed by atoms with Crippen LogP contribution in [0, 0.1) is 5.92 Å². The van der Waals surface area contributed by atoms with Gasteiger partial charge in [0.2, 0.25) is 0 Å². The lowest BCUT2D eigenvalue weighted by Crippen LogP contribution is -2.45. The summed E-state index contributed by atoms with van der Waals surface area (Å²) < 4.78 is 22.9.